The Morgan fingerprint density at radius 1 is 1.03 bits per heavy atom. The van der Waals surface area contributed by atoms with E-state index in [1.807, 2.05) is 0 Å². The summed E-state index contributed by atoms with van der Waals surface area (Å²) < 4.78 is 40.6. The van der Waals surface area contributed by atoms with E-state index in [1.54, 1.807) is 4.90 Å². The number of carbonyl (C=O) groups excluding carboxylic acids is 3. The zero-order chi connectivity index (χ0) is 21.5. The van der Waals surface area contributed by atoms with Crippen LogP contribution in [-0.2, 0) is 24.4 Å². The molecule has 1 aromatic rings. The summed E-state index contributed by atoms with van der Waals surface area (Å²) in [6.07, 6.45) is 3.24. The first-order valence-electron chi connectivity index (χ1n) is 10.2. The maximum Gasteiger partial charge on any atom is 0.243 e. The molecule has 2 bridgehead atoms. The number of rotatable bonds is 6. The number of piperidine rings is 1. The van der Waals surface area contributed by atoms with Crippen LogP contribution in [0.25, 0.3) is 0 Å². The van der Waals surface area contributed by atoms with Crippen molar-refractivity contribution in [2.45, 2.75) is 68.0 Å². The van der Waals surface area contributed by atoms with Gasteiger partial charge in [0.2, 0.25) is 27.7 Å². The van der Waals surface area contributed by atoms with Gasteiger partial charge in [-0.05, 0) is 37.8 Å². The molecule has 3 saturated heterocycles. The number of amides is 3. The maximum absolute atomic E-state index is 13.7. The van der Waals surface area contributed by atoms with Gasteiger partial charge in [-0.25, -0.2) is 17.5 Å². The minimum Gasteiger partial charge on any atom is -0.337 e. The SMILES string of the molecule is O=C1CCC(=O)N1C1CC2CCC(C1)N2C(=O)CCNS(=O)(=O)c1ccccc1F. The molecule has 3 heterocycles. The van der Waals surface area contributed by atoms with Crippen molar-refractivity contribution < 1.29 is 27.2 Å². The van der Waals surface area contributed by atoms with Crippen molar-refractivity contribution in [1.82, 2.24) is 14.5 Å². The van der Waals surface area contributed by atoms with Gasteiger partial charge >= 0.3 is 0 Å². The summed E-state index contributed by atoms with van der Waals surface area (Å²) in [5.74, 6) is -1.28. The fourth-order valence-corrected chi connectivity index (χ4v) is 6.04. The zero-order valence-corrected chi connectivity index (χ0v) is 17.2. The van der Waals surface area contributed by atoms with Gasteiger partial charge in [0.1, 0.15) is 10.7 Å². The van der Waals surface area contributed by atoms with Crippen LogP contribution in [0.1, 0.15) is 44.9 Å². The number of hydrogen-bond acceptors (Lipinski definition) is 5. The summed E-state index contributed by atoms with van der Waals surface area (Å²) in [5, 5.41) is 0. The first-order chi connectivity index (χ1) is 14.3. The highest BCUT2D eigenvalue weighted by molar-refractivity contribution is 7.89. The van der Waals surface area contributed by atoms with Crippen LogP contribution < -0.4 is 4.72 Å². The van der Waals surface area contributed by atoms with E-state index in [0.717, 1.165) is 18.9 Å². The number of hydrogen-bond donors (Lipinski definition) is 1. The number of nitrogens with one attached hydrogen (secondary N) is 1. The summed E-state index contributed by atoms with van der Waals surface area (Å²) in [6.45, 7) is -0.127. The molecule has 2 atom stereocenters. The lowest BCUT2D eigenvalue weighted by Gasteiger charge is -2.41. The summed E-state index contributed by atoms with van der Waals surface area (Å²) in [7, 11) is -4.04. The number of carbonyl (C=O) groups is 3. The molecule has 0 aliphatic carbocycles. The fourth-order valence-electron chi connectivity index (χ4n) is 4.93. The summed E-state index contributed by atoms with van der Waals surface area (Å²) in [4.78, 5) is 39.6. The Labute approximate surface area is 174 Å². The second-order valence-electron chi connectivity index (χ2n) is 8.05. The number of likely N-dealkylation sites (tertiary alicyclic amines) is 1. The molecule has 162 valence electrons. The van der Waals surface area contributed by atoms with E-state index in [4.69, 9.17) is 0 Å². The van der Waals surface area contributed by atoms with E-state index in [2.05, 4.69) is 4.72 Å². The smallest absolute Gasteiger partial charge is 0.243 e. The molecule has 0 saturated carbocycles. The van der Waals surface area contributed by atoms with Crippen molar-refractivity contribution in [2.24, 2.45) is 0 Å². The Kier molecular flexibility index (Phi) is 5.63. The molecule has 3 aliphatic heterocycles. The number of fused-ring (bicyclic) bond motifs is 2. The highest BCUT2D eigenvalue weighted by Crippen LogP contribution is 2.39. The van der Waals surface area contributed by atoms with Crippen molar-refractivity contribution >= 4 is 27.7 Å². The molecule has 3 aliphatic rings. The van der Waals surface area contributed by atoms with Crippen LogP contribution >= 0.6 is 0 Å². The molecular formula is C20H24FN3O5S. The molecular weight excluding hydrogens is 413 g/mol. The molecule has 1 aromatic carbocycles. The van der Waals surface area contributed by atoms with Gasteiger partial charge < -0.3 is 4.90 Å². The van der Waals surface area contributed by atoms with Gasteiger partial charge in [-0.1, -0.05) is 12.1 Å². The van der Waals surface area contributed by atoms with Crippen molar-refractivity contribution in [3.05, 3.63) is 30.1 Å². The van der Waals surface area contributed by atoms with E-state index >= 15 is 0 Å². The minimum absolute atomic E-state index is 0.0348. The van der Waals surface area contributed by atoms with Crippen LogP contribution in [-0.4, -0.2) is 60.6 Å². The van der Waals surface area contributed by atoms with Crippen LogP contribution in [0.3, 0.4) is 0 Å². The molecule has 0 radical (unpaired) electrons. The van der Waals surface area contributed by atoms with E-state index in [1.165, 1.54) is 23.1 Å². The number of benzene rings is 1. The second-order valence-corrected chi connectivity index (χ2v) is 9.78. The zero-order valence-electron chi connectivity index (χ0n) is 16.4. The van der Waals surface area contributed by atoms with Gasteiger partial charge in [-0.15, -0.1) is 0 Å². The number of imide groups is 1. The molecule has 10 heteroatoms. The van der Waals surface area contributed by atoms with Crippen molar-refractivity contribution in [3.8, 4) is 0 Å². The predicted molar refractivity (Wildman–Crippen MR) is 104 cm³/mol. The van der Waals surface area contributed by atoms with Gasteiger partial charge in [-0.2, -0.15) is 0 Å². The monoisotopic (exact) mass is 437 g/mol. The van der Waals surface area contributed by atoms with E-state index in [9.17, 15) is 27.2 Å². The van der Waals surface area contributed by atoms with Gasteiger partial charge in [-0.3, -0.25) is 19.3 Å². The lowest BCUT2D eigenvalue weighted by Crippen LogP contribution is -2.54. The highest BCUT2D eigenvalue weighted by Gasteiger charge is 2.47. The van der Waals surface area contributed by atoms with E-state index in [0.29, 0.717) is 12.8 Å². The minimum atomic E-state index is -4.04. The molecule has 2 unspecified atom stereocenters. The third kappa shape index (κ3) is 3.85. The largest absolute Gasteiger partial charge is 0.337 e. The van der Waals surface area contributed by atoms with Crippen molar-refractivity contribution in [1.29, 1.82) is 0 Å². The Hall–Kier alpha value is -2.33. The normalized spacial score (nSPS) is 26.5. The number of sulfonamides is 1. The molecule has 3 fully saturated rings. The summed E-state index contributed by atoms with van der Waals surface area (Å²) in [5.41, 5.74) is 0. The third-order valence-electron chi connectivity index (χ3n) is 6.21. The van der Waals surface area contributed by atoms with Gasteiger partial charge in [0.25, 0.3) is 0 Å². The summed E-state index contributed by atoms with van der Waals surface area (Å²) >= 11 is 0. The molecule has 3 amide bonds. The molecule has 4 rings (SSSR count). The summed E-state index contributed by atoms with van der Waals surface area (Å²) in [6, 6.07) is 4.81. The Balaban J connectivity index is 1.34. The second kappa shape index (κ2) is 8.07. The van der Waals surface area contributed by atoms with Crippen LogP contribution in [0.4, 0.5) is 4.39 Å². The van der Waals surface area contributed by atoms with Gasteiger partial charge in [0.15, 0.2) is 0 Å². The average molecular weight is 437 g/mol. The van der Waals surface area contributed by atoms with E-state index < -0.39 is 20.7 Å². The first-order valence-corrected chi connectivity index (χ1v) is 11.7. The van der Waals surface area contributed by atoms with Gasteiger partial charge in [0.05, 0.1) is 0 Å². The maximum atomic E-state index is 13.7. The Morgan fingerprint density at radius 2 is 1.63 bits per heavy atom. The van der Waals surface area contributed by atoms with Crippen LogP contribution in [0, 0.1) is 5.82 Å². The van der Waals surface area contributed by atoms with E-state index in [-0.39, 0.29) is 61.7 Å². The van der Waals surface area contributed by atoms with Crippen LogP contribution in [0.5, 0.6) is 0 Å². The first kappa shape index (κ1) is 20.9. The fraction of sp³-hybridized carbons (Fsp3) is 0.550. The average Bonchev–Trinajstić information content (AvgIpc) is 3.17. The quantitative estimate of drug-likeness (QED) is 0.673. The lowest BCUT2D eigenvalue weighted by molar-refractivity contribution is -0.144. The molecule has 0 aromatic heterocycles. The Bertz CT molecular complexity index is 952. The van der Waals surface area contributed by atoms with Crippen LogP contribution in [0.2, 0.25) is 0 Å². The van der Waals surface area contributed by atoms with Crippen LogP contribution in [0.15, 0.2) is 29.2 Å². The lowest BCUT2D eigenvalue weighted by atomic mass is 9.95. The molecule has 0 spiro atoms. The van der Waals surface area contributed by atoms with Gasteiger partial charge in [0, 0.05) is 43.9 Å². The van der Waals surface area contributed by atoms with Crippen molar-refractivity contribution in [3.63, 3.8) is 0 Å². The standard InChI is InChI=1S/C20H24FN3O5S/c21-16-3-1-2-4-17(16)30(28,29)22-10-9-20(27)23-13-5-6-14(23)12-15(11-13)24-18(25)7-8-19(24)26/h1-4,13-15,22H,5-12H2. The number of halogens is 1. The Morgan fingerprint density at radius 3 is 2.23 bits per heavy atom. The molecule has 8 nitrogen and oxygen atoms in total. The topological polar surface area (TPSA) is 104 Å². The predicted octanol–water partition coefficient (Wildman–Crippen LogP) is 1.17. The highest BCUT2D eigenvalue weighted by atomic mass is 32.2. The third-order valence-corrected chi connectivity index (χ3v) is 7.70. The molecule has 30 heavy (non-hydrogen) atoms. The molecule has 1 N–H and O–H groups in total. The number of nitrogens with zero attached hydrogens (tertiary/aromatic N) is 2. The van der Waals surface area contributed by atoms with Crippen molar-refractivity contribution in [2.75, 3.05) is 6.54 Å².